The summed E-state index contributed by atoms with van der Waals surface area (Å²) in [6, 6.07) is 1.16. The van der Waals surface area contributed by atoms with Gasteiger partial charge in [0.15, 0.2) is 11.5 Å². The van der Waals surface area contributed by atoms with Gasteiger partial charge in [0.25, 0.3) is 11.8 Å². The number of aromatic nitrogens is 3. The number of nitrogens with two attached hydrogens (primary N) is 1. The van der Waals surface area contributed by atoms with Crippen LogP contribution in [0, 0.1) is 0 Å². The topological polar surface area (TPSA) is 106 Å². The molecule has 1 aliphatic rings. The van der Waals surface area contributed by atoms with Gasteiger partial charge in [-0.1, -0.05) is 6.07 Å². The van der Waals surface area contributed by atoms with Crippen molar-refractivity contribution in [3.63, 3.8) is 0 Å². The predicted molar refractivity (Wildman–Crippen MR) is 121 cm³/mol. The zero-order valence-corrected chi connectivity index (χ0v) is 20.2. The number of hydrogen-bond donors (Lipinski definition) is 2. The zero-order chi connectivity index (χ0) is 29.1. The summed E-state index contributed by atoms with van der Waals surface area (Å²) in [7, 11) is 0. The maximum absolute atomic E-state index is 14.6. The zero-order valence-electron chi connectivity index (χ0n) is 20.2. The van der Waals surface area contributed by atoms with E-state index in [1.807, 2.05) is 0 Å². The van der Waals surface area contributed by atoms with Gasteiger partial charge in [0.2, 0.25) is 0 Å². The van der Waals surface area contributed by atoms with Crippen LogP contribution in [0.1, 0.15) is 35.3 Å². The normalized spacial score (nSPS) is 18.6. The second kappa shape index (κ2) is 9.34. The molecule has 0 aliphatic carbocycles. The molecule has 8 nitrogen and oxygen atoms in total. The Morgan fingerprint density at radius 2 is 1.64 bits per heavy atom. The molecule has 3 aromatic rings. The van der Waals surface area contributed by atoms with Crippen LogP contribution in [-0.2, 0) is 17.1 Å². The van der Waals surface area contributed by atoms with Crippen molar-refractivity contribution >= 4 is 23.1 Å². The third-order valence-electron chi connectivity index (χ3n) is 6.11. The summed E-state index contributed by atoms with van der Waals surface area (Å²) in [5, 5.41) is 5.81. The molecule has 16 heteroatoms. The minimum atomic E-state index is -5.07. The van der Waals surface area contributed by atoms with E-state index in [1.54, 1.807) is 0 Å². The summed E-state index contributed by atoms with van der Waals surface area (Å²) in [5.74, 6) is -3.02. The van der Waals surface area contributed by atoms with Crippen molar-refractivity contribution in [3.05, 3.63) is 47.3 Å². The number of carbonyl (C=O) groups is 2. The quantitative estimate of drug-likeness (QED) is 0.466. The molecule has 210 valence electrons. The number of carbonyl (C=O) groups excluding carboxylic acids is 2. The van der Waals surface area contributed by atoms with Gasteiger partial charge < -0.3 is 16.0 Å². The summed E-state index contributed by atoms with van der Waals surface area (Å²) in [6.45, 7) is 0.794. The largest absolute Gasteiger partial charge is 0.418 e. The first-order chi connectivity index (χ1) is 17.9. The summed E-state index contributed by atoms with van der Waals surface area (Å²) < 4.78 is 112. The van der Waals surface area contributed by atoms with Crippen LogP contribution in [0.3, 0.4) is 0 Å². The van der Waals surface area contributed by atoms with Gasteiger partial charge in [-0.15, -0.1) is 0 Å². The smallest absolute Gasteiger partial charge is 0.382 e. The van der Waals surface area contributed by atoms with Crippen LogP contribution in [0.15, 0.2) is 30.6 Å². The maximum atomic E-state index is 14.6. The van der Waals surface area contributed by atoms with Crippen molar-refractivity contribution in [1.29, 1.82) is 0 Å². The van der Waals surface area contributed by atoms with E-state index >= 15 is 0 Å². The molecule has 1 fully saturated rings. The molecule has 0 radical (unpaired) electrons. The first kappa shape index (κ1) is 28.0. The molecule has 0 unspecified atom stereocenters. The average Bonchev–Trinajstić information content (AvgIpc) is 3.38. The van der Waals surface area contributed by atoms with Crippen LogP contribution in [0.25, 0.3) is 16.8 Å². The fourth-order valence-corrected chi connectivity index (χ4v) is 4.32. The number of benzene rings is 1. The monoisotopic (exact) mass is 564 g/mol. The maximum Gasteiger partial charge on any atom is 0.418 e. The Morgan fingerprint density at radius 1 is 1.00 bits per heavy atom. The van der Waals surface area contributed by atoms with E-state index in [4.69, 9.17) is 5.73 Å². The van der Waals surface area contributed by atoms with E-state index in [0.717, 1.165) is 35.7 Å². The van der Waals surface area contributed by atoms with Gasteiger partial charge >= 0.3 is 12.4 Å². The van der Waals surface area contributed by atoms with Crippen LogP contribution in [0.4, 0.5) is 40.9 Å². The number of likely N-dealkylation sites (tertiary alicyclic amines) is 1. The average molecular weight is 564 g/mol. The van der Waals surface area contributed by atoms with Gasteiger partial charge in [-0.05, 0) is 32.0 Å². The molecule has 2 aromatic heterocycles. The molecule has 39 heavy (non-hydrogen) atoms. The van der Waals surface area contributed by atoms with Crippen molar-refractivity contribution in [1.82, 2.24) is 24.8 Å². The third kappa shape index (κ3) is 5.31. The molecule has 0 saturated carbocycles. The van der Waals surface area contributed by atoms with Crippen LogP contribution in [-0.4, -0.2) is 62.3 Å². The SMILES string of the molecule is CC(C)(F)C(=O)N1C[C@H](F)[C@H](NC(=O)c2cc(-c3cc(C(F)(F)F)c4c(N)ncnn34)ccc2C(F)(F)F)C1. The van der Waals surface area contributed by atoms with Crippen LogP contribution < -0.4 is 11.1 Å². The number of fused-ring (bicyclic) bond motifs is 1. The van der Waals surface area contributed by atoms with Crippen molar-refractivity contribution < 1.29 is 44.7 Å². The summed E-state index contributed by atoms with van der Waals surface area (Å²) >= 11 is 0. The molecule has 1 saturated heterocycles. The highest BCUT2D eigenvalue weighted by atomic mass is 19.4. The summed E-state index contributed by atoms with van der Waals surface area (Å²) in [6.07, 6.45) is -11.1. The molecule has 1 aromatic carbocycles. The van der Waals surface area contributed by atoms with Gasteiger partial charge in [0.05, 0.1) is 35.0 Å². The Balaban J connectivity index is 1.75. The van der Waals surface area contributed by atoms with Crippen LogP contribution in [0.2, 0.25) is 0 Å². The van der Waals surface area contributed by atoms with Gasteiger partial charge in [0.1, 0.15) is 18.0 Å². The predicted octanol–water partition coefficient (Wildman–Crippen LogP) is 4.04. The molecule has 0 bridgehead atoms. The number of nitrogens with zero attached hydrogens (tertiary/aromatic N) is 4. The Kier molecular flexibility index (Phi) is 6.71. The molecule has 4 rings (SSSR count). The number of hydrogen-bond acceptors (Lipinski definition) is 5. The van der Waals surface area contributed by atoms with Crippen LogP contribution in [0.5, 0.6) is 0 Å². The molecule has 3 N–H and O–H groups in total. The minimum Gasteiger partial charge on any atom is -0.382 e. The second-order valence-corrected chi connectivity index (χ2v) is 9.38. The van der Waals surface area contributed by atoms with Gasteiger partial charge in [-0.25, -0.2) is 18.3 Å². The highest BCUT2D eigenvalue weighted by Gasteiger charge is 2.43. The number of anilines is 1. The Hall–Kier alpha value is -3.98. The Morgan fingerprint density at radius 3 is 2.23 bits per heavy atom. The second-order valence-electron chi connectivity index (χ2n) is 9.38. The van der Waals surface area contributed by atoms with E-state index in [0.29, 0.717) is 18.2 Å². The number of amides is 2. The van der Waals surface area contributed by atoms with Gasteiger partial charge in [-0.2, -0.15) is 31.4 Å². The first-order valence-corrected chi connectivity index (χ1v) is 11.2. The first-order valence-electron chi connectivity index (χ1n) is 11.2. The van der Waals surface area contributed by atoms with E-state index < -0.39 is 83.2 Å². The van der Waals surface area contributed by atoms with E-state index in [-0.39, 0.29) is 11.3 Å². The molecule has 2 amide bonds. The lowest BCUT2D eigenvalue weighted by molar-refractivity contribution is -0.141. The highest BCUT2D eigenvalue weighted by molar-refractivity contribution is 5.97. The summed E-state index contributed by atoms with van der Waals surface area (Å²) in [5.41, 5.74) is -1.73. The Labute approximate surface area is 214 Å². The fraction of sp³-hybridized carbons (Fsp3) is 0.391. The van der Waals surface area contributed by atoms with Crippen molar-refractivity contribution in [2.45, 2.75) is 44.1 Å². The number of nitrogen functional groups attached to an aromatic ring is 1. The lowest BCUT2D eigenvalue weighted by Crippen LogP contribution is -2.44. The molecular formula is C23H20F8N6O2. The van der Waals surface area contributed by atoms with E-state index in [9.17, 15) is 44.7 Å². The van der Waals surface area contributed by atoms with Crippen LogP contribution >= 0.6 is 0 Å². The lowest BCUT2D eigenvalue weighted by Gasteiger charge is -2.22. The standard InChI is InChI=1S/C23H20F8N6O2/c1-21(2,25)20(39)36-7-14(24)15(8-36)35-19(38)11-5-10(3-4-12(11)22(26,27)28)16-6-13(23(29,30)31)17-18(32)33-9-34-37(16)17/h3-6,9,14-15H,7-8H2,1-2H3,(H,35,38)(H2,32,33,34)/t14-,15+/m0/s1. The fourth-order valence-electron chi connectivity index (χ4n) is 4.32. The van der Waals surface area contributed by atoms with E-state index in [2.05, 4.69) is 15.4 Å². The summed E-state index contributed by atoms with van der Waals surface area (Å²) in [4.78, 5) is 29.4. The Bertz CT molecular complexity index is 1440. The van der Waals surface area contributed by atoms with Crippen molar-refractivity contribution in [3.8, 4) is 11.3 Å². The molecule has 3 heterocycles. The minimum absolute atomic E-state index is 0.268. The van der Waals surface area contributed by atoms with Gasteiger partial charge in [-0.3, -0.25) is 9.59 Å². The number of nitrogens with one attached hydrogen (secondary N) is 1. The lowest BCUT2D eigenvalue weighted by atomic mass is 10.00. The molecule has 2 atom stereocenters. The molecule has 0 spiro atoms. The highest BCUT2D eigenvalue weighted by Crippen LogP contribution is 2.40. The van der Waals surface area contributed by atoms with Gasteiger partial charge in [0, 0.05) is 12.1 Å². The molecular weight excluding hydrogens is 544 g/mol. The number of alkyl halides is 8. The molecule has 1 aliphatic heterocycles. The van der Waals surface area contributed by atoms with Crippen molar-refractivity contribution in [2.24, 2.45) is 0 Å². The number of rotatable bonds is 4. The third-order valence-corrected chi connectivity index (χ3v) is 6.11. The number of halogens is 8. The van der Waals surface area contributed by atoms with E-state index in [1.165, 1.54) is 0 Å². The van der Waals surface area contributed by atoms with Crippen molar-refractivity contribution in [2.75, 3.05) is 18.8 Å².